The molecule has 0 spiro atoms. The number of anilines is 3. The second-order valence-electron chi connectivity index (χ2n) is 11.7. The quantitative estimate of drug-likeness (QED) is 0.279. The Morgan fingerprint density at radius 2 is 1.24 bits per heavy atom. The van der Waals surface area contributed by atoms with Gasteiger partial charge in [0.1, 0.15) is 0 Å². The number of hydrogen-bond acceptors (Lipinski definition) is 7. The molecule has 9 nitrogen and oxygen atoms in total. The molecular formula is C32H45N7O2. The van der Waals surface area contributed by atoms with Crippen LogP contribution >= 0.6 is 0 Å². The van der Waals surface area contributed by atoms with E-state index in [4.69, 9.17) is 4.98 Å². The van der Waals surface area contributed by atoms with Gasteiger partial charge in [0, 0.05) is 61.2 Å². The summed E-state index contributed by atoms with van der Waals surface area (Å²) in [6, 6.07) is 11.9. The van der Waals surface area contributed by atoms with E-state index >= 15 is 0 Å². The van der Waals surface area contributed by atoms with Crippen LogP contribution in [0.3, 0.4) is 0 Å². The second-order valence-corrected chi connectivity index (χ2v) is 11.7. The fourth-order valence-corrected chi connectivity index (χ4v) is 5.85. The van der Waals surface area contributed by atoms with Crippen molar-refractivity contribution >= 4 is 50.7 Å². The summed E-state index contributed by atoms with van der Waals surface area (Å²) in [6.45, 7) is 7.63. The van der Waals surface area contributed by atoms with Gasteiger partial charge in [-0.15, -0.1) is 0 Å². The lowest BCUT2D eigenvalue weighted by Gasteiger charge is -2.25. The molecule has 2 aliphatic heterocycles. The van der Waals surface area contributed by atoms with Gasteiger partial charge in [0.2, 0.25) is 11.8 Å². The summed E-state index contributed by atoms with van der Waals surface area (Å²) in [5.41, 5.74) is 4.12. The van der Waals surface area contributed by atoms with Crippen LogP contribution in [-0.2, 0) is 9.59 Å². The van der Waals surface area contributed by atoms with Crippen molar-refractivity contribution in [2.45, 2.75) is 44.9 Å². The van der Waals surface area contributed by atoms with Crippen molar-refractivity contribution in [3.63, 3.8) is 0 Å². The Morgan fingerprint density at radius 1 is 0.756 bits per heavy atom. The average Bonchev–Trinajstić information content (AvgIpc) is 3.49. The van der Waals surface area contributed by atoms with Gasteiger partial charge in [-0.1, -0.05) is 6.42 Å². The third-order valence-electron chi connectivity index (χ3n) is 8.16. The van der Waals surface area contributed by atoms with Crippen molar-refractivity contribution in [3.05, 3.63) is 36.4 Å². The van der Waals surface area contributed by atoms with Crippen molar-refractivity contribution in [3.8, 4) is 0 Å². The molecule has 1 aromatic heterocycles. The third-order valence-corrected chi connectivity index (χ3v) is 8.16. The highest BCUT2D eigenvalue weighted by Crippen LogP contribution is 2.33. The summed E-state index contributed by atoms with van der Waals surface area (Å²) in [7, 11) is 4.12. The third kappa shape index (κ3) is 8.15. The molecule has 41 heavy (non-hydrogen) atoms. The van der Waals surface area contributed by atoms with Crippen molar-refractivity contribution in [2.75, 3.05) is 82.4 Å². The fraction of sp³-hybridized carbons (Fsp3) is 0.531. The molecule has 2 aromatic carbocycles. The zero-order valence-electron chi connectivity index (χ0n) is 24.7. The normalized spacial score (nSPS) is 16.5. The van der Waals surface area contributed by atoms with Crippen LogP contribution in [0.2, 0.25) is 0 Å². The Morgan fingerprint density at radius 3 is 1.73 bits per heavy atom. The molecule has 9 heteroatoms. The van der Waals surface area contributed by atoms with Crippen molar-refractivity contribution < 1.29 is 9.59 Å². The Balaban J connectivity index is 1.34. The number of piperidine rings is 1. The highest BCUT2D eigenvalue weighted by molar-refractivity contribution is 6.09. The number of aromatic nitrogens is 1. The highest BCUT2D eigenvalue weighted by Gasteiger charge is 2.16. The second kappa shape index (κ2) is 14.1. The Bertz CT molecular complexity index is 1350. The number of nitrogens with zero attached hydrogens (tertiary/aromatic N) is 4. The zero-order chi connectivity index (χ0) is 28.6. The van der Waals surface area contributed by atoms with Gasteiger partial charge in [0.25, 0.3) is 0 Å². The molecule has 0 saturated carbocycles. The smallest absolute Gasteiger partial charge is 0.225 e. The predicted octanol–water partition coefficient (Wildman–Crippen LogP) is 4.60. The number of benzene rings is 2. The van der Waals surface area contributed by atoms with Crippen molar-refractivity contribution in [1.29, 1.82) is 0 Å². The SMILES string of the molecule is CN(C)CCNc1c2ccc(NC(=O)CCN3CCCCC3)cc2nc2cc(NC(=O)CCN3CCCC3)ccc12. The molecular weight excluding hydrogens is 514 g/mol. The van der Waals surface area contributed by atoms with Gasteiger partial charge < -0.3 is 30.7 Å². The molecule has 0 bridgehead atoms. The molecule has 0 atom stereocenters. The molecule has 2 saturated heterocycles. The first-order valence-corrected chi connectivity index (χ1v) is 15.3. The molecule has 2 fully saturated rings. The van der Waals surface area contributed by atoms with E-state index in [2.05, 4.69) is 44.7 Å². The molecule has 0 aliphatic carbocycles. The molecule has 0 unspecified atom stereocenters. The first kappa shape index (κ1) is 29.2. The molecule has 3 N–H and O–H groups in total. The van der Waals surface area contributed by atoms with Crippen LogP contribution in [0.1, 0.15) is 44.9 Å². The minimum atomic E-state index is 0.0240. The Hall–Kier alpha value is -3.27. The maximum atomic E-state index is 12.7. The van der Waals surface area contributed by atoms with Crippen LogP contribution < -0.4 is 16.0 Å². The number of carbonyl (C=O) groups excluding carboxylic acids is 2. The minimum absolute atomic E-state index is 0.0240. The monoisotopic (exact) mass is 559 g/mol. The predicted molar refractivity (Wildman–Crippen MR) is 169 cm³/mol. The number of nitrogens with one attached hydrogen (secondary N) is 3. The van der Waals surface area contributed by atoms with Crippen LogP contribution in [-0.4, -0.2) is 98.0 Å². The van der Waals surface area contributed by atoms with Gasteiger partial charge in [-0.25, -0.2) is 4.98 Å². The summed E-state index contributed by atoms with van der Waals surface area (Å²) in [6.07, 6.45) is 7.16. The van der Waals surface area contributed by atoms with E-state index < -0.39 is 0 Å². The van der Waals surface area contributed by atoms with E-state index in [1.165, 1.54) is 32.1 Å². The van der Waals surface area contributed by atoms with Gasteiger partial charge in [0.15, 0.2) is 0 Å². The van der Waals surface area contributed by atoms with E-state index in [0.29, 0.717) is 12.8 Å². The first-order valence-electron chi connectivity index (χ1n) is 15.3. The zero-order valence-corrected chi connectivity index (χ0v) is 24.7. The van der Waals surface area contributed by atoms with Crippen LogP contribution in [0, 0.1) is 0 Å². The summed E-state index contributed by atoms with van der Waals surface area (Å²) in [4.78, 5) is 37.3. The van der Waals surface area contributed by atoms with E-state index in [9.17, 15) is 9.59 Å². The van der Waals surface area contributed by atoms with Crippen molar-refractivity contribution in [2.24, 2.45) is 0 Å². The standard InChI is InChI=1S/C32H45N7O2/c1-37(2)21-14-33-32-26-10-8-24(34-30(40)12-19-38-15-4-3-5-16-38)22-28(26)36-29-23-25(9-11-27(29)32)35-31(41)13-20-39-17-6-7-18-39/h8-11,22-23H,3-7,12-21H2,1-2H3,(H,33,36)(H,34,40)(H,35,41). The number of rotatable bonds is 12. The highest BCUT2D eigenvalue weighted by atomic mass is 16.2. The maximum absolute atomic E-state index is 12.7. The topological polar surface area (TPSA) is 92.8 Å². The van der Waals surface area contributed by atoms with Gasteiger partial charge in [-0.2, -0.15) is 0 Å². The van der Waals surface area contributed by atoms with E-state index in [-0.39, 0.29) is 11.8 Å². The van der Waals surface area contributed by atoms with Gasteiger partial charge in [-0.05, 0) is 102 Å². The van der Waals surface area contributed by atoms with E-state index in [0.717, 1.165) is 91.2 Å². The lowest BCUT2D eigenvalue weighted by molar-refractivity contribution is -0.117. The minimum Gasteiger partial charge on any atom is -0.383 e. The number of pyridine rings is 1. The molecule has 3 aromatic rings. The molecule has 3 heterocycles. The number of carbonyl (C=O) groups is 2. The molecule has 2 aliphatic rings. The lowest BCUT2D eigenvalue weighted by atomic mass is 10.1. The summed E-state index contributed by atoms with van der Waals surface area (Å²) in [5.74, 6) is 0.0508. The molecule has 0 radical (unpaired) electrons. The number of fused-ring (bicyclic) bond motifs is 2. The summed E-state index contributed by atoms with van der Waals surface area (Å²) >= 11 is 0. The van der Waals surface area contributed by atoms with E-state index in [1.54, 1.807) is 0 Å². The Labute approximate surface area is 243 Å². The molecule has 2 amide bonds. The van der Waals surface area contributed by atoms with Crippen LogP contribution in [0.4, 0.5) is 17.1 Å². The Kier molecular flexibility index (Phi) is 10.0. The molecule has 220 valence electrons. The van der Waals surface area contributed by atoms with E-state index in [1.807, 2.05) is 36.4 Å². The van der Waals surface area contributed by atoms with Gasteiger partial charge in [0.05, 0.1) is 16.7 Å². The van der Waals surface area contributed by atoms with Crippen LogP contribution in [0.5, 0.6) is 0 Å². The number of amides is 2. The maximum Gasteiger partial charge on any atom is 0.225 e. The van der Waals surface area contributed by atoms with Crippen LogP contribution in [0.15, 0.2) is 36.4 Å². The number of hydrogen-bond donors (Lipinski definition) is 3. The van der Waals surface area contributed by atoms with Crippen molar-refractivity contribution in [1.82, 2.24) is 19.7 Å². The summed E-state index contributed by atoms with van der Waals surface area (Å²) in [5, 5.41) is 11.8. The summed E-state index contributed by atoms with van der Waals surface area (Å²) < 4.78 is 0. The fourth-order valence-electron chi connectivity index (χ4n) is 5.85. The molecule has 5 rings (SSSR count). The van der Waals surface area contributed by atoms with Gasteiger partial charge in [-0.3, -0.25) is 9.59 Å². The largest absolute Gasteiger partial charge is 0.383 e. The number of likely N-dealkylation sites (N-methyl/N-ethyl adjacent to an activating group) is 1. The number of likely N-dealkylation sites (tertiary alicyclic amines) is 2. The van der Waals surface area contributed by atoms with Crippen LogP contribution in [0.25, 0.3) is 21.8 Å². The average molecular weight is 560 g/mol. The van der Waals surface area contributed by atoms with Gasteiger partial charge >= 0.3 is 0 Å². The first-order chi connectivity index (χ1) is 19.9. The lowest BCUT2D eigenvalue weighted by Crippen LogP contribution is -2.32.